The number of aliphatic imine (C=N–C) groups is 1. The Bertz CT molecular complexity index is 494. The SMILES string of the molecule is C=NC/C=C1/C=C[C@@H](O)[C@H](O)[C@H]1O[C@@H]1O[C@H](CO)[C@@H](O)[C@H](O)[C@H]1O. The van der Waals surface area contributed by atoms with Crippen molar-refractivity contribution in [2.75, 3.05) is 13.2 Å². The number of hydrogen-bond donors (Lipinski definition) is 6. The van der Waals surface area contributed by atoms with Crippen molar-refractivity contribution in [1.82, 2.24) is 0 Å². The van der Waals surface area contributed by atoms with E-state index < -0.39 is 55.6 Å². The molecule has 0 amide bonds. The molecule has 0 aromatic heterocycles. The van der Waals surface area contributed by atoms with Crippen molar-refractivity contribution in [3.8, 4) is 0 Å². The van der Waals surface area contributed by atoms with E-state index in [0.717, 1.165) is 0 Å². The van der Waals surface area contributed by atoms with Gasteiger partial charge in [-0.05, 0) is 12.3 Å². The maximum atomic E-state index is 10.2. The Morgan fingerprint density at radius 3 is 2.46 bits per heavy atom. The van der Waals surface area contributed by atoms with E-state index >= 15 is 0 Å². The smallest absolute Gasteiger partial charge is 0.187 e. The summed E-state index contributed by atoms with van der Waals surface area (Å²) in [7, 11) is 0. The van der Waals surface area contributed by atoms with Crippen LogP contribution in [0.25, 0.3) is 0 Å². The van der Waals surface area contributed by atoms with Crippen LogP contribution < -0.4 is 0 Å². The van der Waals surface area contributed by atoms with Crippen LogP contribution in [0.3, 0.4) is 0 Å². The van der Waals surface area contributed by atoms with Crippen LogP contribution in [0.5, 0.6) is 0 Å². The van der Waals surface area contributed by atoms with Gasteiger partial charge in [-0.2, -0.15) is 0 Å². The van der Waals surface area contributed by atoms with Crippen LogP contribution in [-0.4, -0.2) is 99.5 Å². The van der Waals surface area contributed by atoms with Crippen LogP contribution in [0.2, 0.25) is 0 Å². The summed E-state index contributed by atoms with van der Waals surface area (Å²) in [4.78, 5) is 3.67. The van der Waals surface area contributed by atoms with E-state index in [2.05, 4.69) is 11.7 Å². The van der Waals surface area contributed by atoms with E-state index in [1.807, 2.05) is 0 Å². The fourth-order valence-electron chi connectivity index (χ4n) is 2.63. The highest BCUT2D eigenvalue weighted by Gasteiger charge is 2.46. The molecule has 1 heterocycles. The average Bonchev–Trinajstić information content (AvgIpc) is 2.58. The lowest BCUT2D eigenvalue weighted by Gasteiger charge is -2.42. The second kappa shape index (κ2) is 8.28. The summed E-state index contributed by atoms with van der Waals surface area (Å²) in [5.74, 6) is 0. The highest BCUT2D eigenvalue weighted by molar-refractivity contribution is 5.32. The van der Waals surface area contributed by atoms with Gasteiger partial charge in [-0.1, -0.05) is 18.2 Å². The molecule has 9 nitrogen and oxygen atoms in total. The fraction of sp³-hybridized carbons (Fsp3) is 0.667. The van der Waals surface area contributed by atoms with E-state index in [1.54, 1.807) is 6.08 Å². The lowest BCUT2D eigenvalue weighted by molar-refractivity contribution is -0.314. The van der Waals surface area contributed by atoms with Crippen molar-refractivity contribution in [3.63, 3.8) is 0 Å². The van der Waals surface area contributed by atoms with Gasteiger partial charge < -0.3 is 40.1 Å². The molecule has 1 aliphatic heterocycles. The third kappa shape index (κ3) is 3.90. The van der Waals surface area contributed by atoms with Crippen LogP contribution in [0.15, 0.2) is 28.8 Å². The predicted molar refractivity (Wildman–Crippen MR) is 82.3 cm³/mol. The minimum atomic E-state index is -1.60. The third-order valence-electron chi connectivity index (χ3n) is 4.06. The summed E-state index contributed by atoms with van der Waals surface area (Å²) in [6.07, 6.45) is -6.29. The molecule has 1 fully saturated rings. The Kier molecular flexibility index (Phi) is 6.61. The van der Waals surface area contributed by atoms with Crippen molar-refractivity contribution in [2.24, 2.45) is 4.99 Å². The molecule has 0 saturated carbocycles. The molecule has 0 unspecified atom stereocenters. The second-order valence-corrected chi connectivity index (χ2v) is 5.70. The van der Waals surface area contributed by atoms with Gasteiger partial charge in [-0.25, -0.2) is 0 Å². The van der Waals surface area contributed by atoms with Crippen LogP contribution in [-0.2, 0) is 9.47 Å². The zero-order valence-corrected chi connectivity index (χ0v) is 12.9. The lowest BCUT2D eigenvalue weighted by atomic mass is 9.92. The van der Waals surface area contributed by atoms with E-state index in [4.69, 9.17) is 9.47 Å². The molecule has 8 atom stereocenters. The van der Waals surface area contributed by atoms with Gasteiger partial charge in [0.05, 0.1) is 13.2 Å². The van der Waals surface area contributed by atoms with Gasteiger partial charge in [0.1, 0.15) is 42.7 Å². The maximum absolute atomic E-state index is 10.2. The highest BCUT2D eigenvalue weighted by Crippen LogP contribution is 2.28. The Morgan fingerprint density at radius 1 is 1.12 bits per heavy atom. The van der Waals surface area contributed by atoms with Crippen LogP contribution in [0, 0.1) is 0 Å². The fourth-order valence-corrected chi connectivity index (χ4v) is 2.63. The van der Waals surface area contributed by atoms with Crippen LogP contribution >= 0.6 is 0 Å². The molecule has 6 N–H and O–H groups in total. The molecule has 1 aliphatic carbocycles. The van der Waals surface area contributed by atoms with Gasteiger partial charge in [-0.3, -0.25) is 4.99 Å². The van der Waals surface area contributed by atoms with Gasteiger partial charge in [0.25, 0.3) is 0 Å². The van der Waals surface area contributed by atoms with Crippen LogP contribution in [0.4, 0.5) is 0 Å². The van der Waals surface area contributed by atoms with Gasteiger partial charge in [-0.15, -0.1) is 0 Å². The minimum Gasteiger partial charge on any atom is -0.394 e. The molecule has 2 aliphatic rings. The summed E-state index contributed by atoms with van der Waals surface area (Å²) in [5.41, 5.74) is 0.483. The Balaban J connectivity index is 2.19. The highest BCUT2D eigenvalue weighted by atomic mass is 16.7. The molecular formula is C15H23NO8. The van der Waals surface area contributed by atoms with Crippen molar-refractivity contribution >= 4 is 6.72 Å². The topological polar surface area (TPSA) is 152 Å². The summed E-state index contributed by atoms with van der Waals surface area (Å²) >= 11 is 0. The van der Waals surface area contributed by atoms with E-state index in [1.165, 1.54) is 12.2 Å². The number of ether oxygens (including phenoxy) is 2. The first-order valence-electron chi connectivity index (χ1n) is 7.53. The first-order chi connectivity index (χ1) is 11.4. The number of aliphatic hydroxyl groups is 6. The Morgan fingerprint density at radius 2 is 1.83 bits per heavy atom. The predicted octanol–water partition coefficient (Wildman–Crippen LogP) is -2.91. The standard InChI is InChI=1S/C15H23NO8/c1-16-5-4-7-2-3-8(18)10(19)14(7)24-15-13(22)12(21)11(20)9(6-17)23-15/h2-4,8-15,17-22H,1,5-6H2/b7-4-/t8-,9-,10+,11-,12+,13-,14+,15+/m1/s1. The molecule has 0 bridgehead atoms. The second-order valence-electron chi connectivity index (χ2n) is 5.70. The van der Waals surface area contributed by atoms with Crippen molar-refractivity contribution in [3.05, 3.63) is 23.8 Å². The third-order valence-corrected chi connectivity index (χ3v) is 4.06. The molecule has 0 radical (unpaired) electrons. The Hall–Kier alpha value is -1.17. The first kappa shape index (κ1) is 19.2. The monoisotopic (exact) mass is 345 g/mol. The van der Waals surface area contributed by atoms with E-state index in [-0.39, 0.29) is 6.54 Å². The summed E-state index contributed by atoms with van der Waals surface area (Å²) in [6, 6.07) is 0. The molecule has 9 heteroatoms. The van der Waals surface area contributed by atoms with Gasteiger partial charge >= 0.3 is 0 Å². The normalized spacial score (nSPS) is 44.7. The molecule has 0 spiro atoms. The summed E-state index contributed by atoms with van der Waals surface area (Å²) in [5, 5.41) is 58.7. The maximum Gasteiger partial charge on any atom is 0.187 e. The van der Waals surface area contributed by atoms with Gasteiger partial charge in [0, 0.05) is 0 Å². The van der Waals surface area contributed by atoms with Crippen molar-refractivity contribution < 1.29 is 40.1 Å². The van der Waals surface area contributed by atoms with Gasteiger partial charge in [0.2, 0.25) is 0 Å². The Labute approximate surface area is 138 Å². The number of hydrogen-bond acceptors (Lipinski definition) is 9. The quantitative estimate of drug-likeness (QED) is 0.290. The number of nitrogens with zero attached hydrogens (tertiary/aromatic N) is 1. The molecule has 24 heavy (non-hydrogen) atoms. The van der Waals surface area contributed by atoms with Crippen molar-refractivity contribution in [2.45, 2.75) is 49.0 Å². The average molecular weight is 345 g/mol. The summed E-state index contributed by atoms with van der Waals surface area (Å²) < 4.78 is 10.8. The minimum absolute atomic E-state index is 0.247. The zero-order chi connectivity index (χ0) is 17.9. The molecule has 2 rings (SSSR count). The van der Waals surface area contributed by atoms with Crippen molar-refractivity contribution in [1.29, 1.82) is 0 Å². The number of rotatable bonds is 5. The first-order valence-corrected chi connectivity index (χ1v) is 7.53. The lowest BCUT2D eigenvalue weighted by Crippen LogP contribution is -2.60. The number of aliphatic hydroxyl groups excluding tert-OH is 6. The molecule has 136 valence electrons. The van der Waals surface area contributed by atoms with Gasteiger partial charge in [0.15, 0.2) is 6.29 Å². The largest absolute Gasteiger partial charge is 0.394 e. The van der Waals surface area contributed by atoms with Crippen LogP contribution in [0.1, 0.15) is 0 Å². The summed E-state index contributed by atoms with van der Waals surface area (Å²) in [6.45, 7) is 3.00. The molecular weight excluding hydrogens is 322 g/mol. The van der Waals surface area contributed by atoms with E-state index in [0.29, 0.717) is 5.57 Å². The molecule has 0 aromatic rings. The zero-order valence-electron chi connectivity index (χ0n) is 12.9. The van der Waals surface area contributed by atoms with E-state index in [9.17, 15) is 30.6 Å². The molecule has 0 aromatic carbocycles. The molecule has 1 saturated heterocycles.